The summed E-state index contributed by atoms with van der Waals surface area (Å²) in [7, 11) is -2.62. The number of sulfonamides is 1. The molecule has 2 amide bonds. The molecule has 0 saturated heterocycles. The van der Waals surface area contributed by atoms with Gasteiger partial charge < -0.3 is 15.4 Å². The Balaban J connectivity index is 1.58. The van der Waals surface area contributed by atoms with E-state index in [1.54, 1.807) is 60.7 Å². The number of methoxy groups -OCH3 is 1. The van der Waals surface area contributed by atoms with Crippen molar-refractivity contribution in [1.82, 2.24) is 5.32 Å². The third kappa shape index (κ3) is 6.68. The molecular weight excluding hydrogens is 526 g/mol. The van der Waals surface area contributed by atoms with E-state index in [1.165, 1.54) is 19.2 Å². The normalized spacial score (nSPS) is 11.8. The minimum Gasteiger partial charge on any atom is -0.497 e. The first kappa shape index (κ1) is 28.4. The van der Waals surface area contributed by atoms with Crippen LogP contribution in [0.15, 0.2) is 108 Å². The average Bonchev–Trinajstić information content (AvgIpc) is 2.97. The second-order valence-corrected chi connectivity index (χ2v) is 11.1. The predicted octanol–water partition coefficient (Wildman–Crippen LogP) is 5.33. The molecular formula is C31H31N3O5S. The summed E-state index contributed by atoms with van der Waals surface area (Å²) in [6.07, 6.45) is 0. The first-order valence-corrected chi connectivity index (χ1v) is 14.1. The van der Waals surface area contributed by atoms with E-state index in [0.717, 1.165) is 15.4 Å². The van der Waals surface area contributed by atoms with E-state index < -0.39 is 22.5 Å². The Morgan fingerprint density at radius 2 is 1.48 bits per heavy atom. The van der Waals surface area contributed by atoms with Gasteiger partial charge in [-0.15, -0.1) is 0 Å². The van der Waals surface area contributed by atoms with Crippen LogP contribution in [0, 0.1) is 6.92 Å². The summed E-state index contributed by atoms with van der Waals surface area (Å²) >= 11 is 0. The monoisotopic (exact) mass is 557 g/mol. The van der Waals surface area contributed by atoms with Gasteiger partial charge in [0.15, 0.2) is 0 Å². The lowest BCUT2D eigenvalue weighted by atomic mass is 10.1. The fourth-order valence-corrected chi connectivity index (χ4v) is 5.53. The van der Waals surface area contributed by atoms with Crippen LogP contribution >= 0.6 is 0 Å². The van der Waals surface area contributed by atoms with Gasteiger partial charge in [-0.3, -0.25) is 13.9 Å². The Morgan fingerprint density at radius 1 is 0.850 bits per heavy atom. The summed E-state index contributed by atoms with van der Waals surface area (Å²) in [5, 5.41) is 5.68. The van der Waals surface area contributed by atoms with Gasteiger partial charge in [-0.1, -0.05) is 60.2 Å². The third-order valence-corrected chi connectivity index (χ3v) is 8.14. The maximum atomic E-state index is 13.7. The Bertz CT molecular complexity index is 1570. The van der Waals surface area contributed by atoms with Crippen molar-refractivity contribution < 1.29 is 22.7 Å². The molecule has 0 spiro atoms. The molecule has 206 valence electrons. The zero-order chi connectivity index (χ0) is 28.7. The van der Waals surface area contributed by atoms with E-state index in [1.807, 2.05) is 44.2 Å². The Morgan fingerprint density at radius 3 is 2.12 bits per heavy atom. The van der Waals surface area contributed by atoms with E-state index in [0.29, 0.717) is 11.4 Å². The number of amides is 2. The molecule has 0 bridgehead atoms. The molecule has 0 saturated carbocycles. The van der Waals surface area contributed by atoms with Crippen molar-refractivity contribution in [3.05, 3.63) is 120 Å². The first-order valence-electron chi connectivity index (χ1n) is 12.7. The molecule has 0 fully saturated rings. The molecule has 40 heavy (non-hydrogen) atoms. The standard InChI is InChI=1S/C31H31N3O5S/c1-22-13-15-25(16-14-22)34(40(37,38)27-19-17-26(39-3)18-20-27)21-30(35)33-29-12-8-7-11-28(29)31(36)32-23(2)24-9-5-4-6-10-24/h4-20,23H,21H2,1-3H3,(H,32,36)(H,33,35)/t23-/m1/s1. The fourth-order valence-electron chi connectivity index (χ4n) is 4.11. The van der Waals surface area contributed by atoms with Crippen LogP contribution in [0.1, 0.15) is 34.5 Å². The van der Waals surface area contributed by atoms with Crippen LogP contribution in [0.3, 0.4) is 0 Å². The van der Waals surface area contributed by atoms with Crippen LogP contribution < -0.4 is 19.7 Å². The number of anilines is 2. The van der Waals surface area contributed by atoms with Gasteiger partial charge in [-0.05, 0) is 67.9 Å². The summed E-state index contributed by atoms with van der Waals surface area (Å²) in [6, 6.07) is 28.7. The van der Waals surface area contributed by atoms with Gasteiger partial charge >= 0.3 is 0 Å². The summed E-state index contributed by atoms with van der Waals surface area (Å²) < 4.78 is 33.5. The smallest absolute Gasteiger partial charge is 0.264 e. The summed E-state index contributed by atoms with van der Waals surface area (Å²) in [5.41, 5.74) is 2.75. The SMILES string of the molecule is COc1ccc(S(=O)(=O)N(CC(=O)Nc2ccccc2C(=O)N[C@H](C)c2ccccc2)c2ccc(C)cc2)cc1. The third-order valence-electron chi connectivity index (χ3n) is 6.35. The fraction of sp³-hybridized carbons (Fsp3) is 0.161. The van der Waals surface area contributed by atoms with Crippen molar-refractivity contribution in [2.24, 2.45) is 0 Å². The number of carbonyl (C=O) groups excluding carboxylic acids is 2. The zero-order valence-electron chi connectivity index (χ0n) is 22.5. The molecule has 9 heteroatoms. The number of rotatable bonds is 10. The van der Waals surface area contributed by atoms with Crippen molar-refractivity contribution in [3.63, 3.8) is 0 Å². The molecule has 0 aliphatic rings. The number of para-hydroxylation sites is 1. The molecule has 0 heterocycles. The largest absolute Gasteiger partial charge is 0.497 e. The lowest BCUT2D eigenvalue weighted by Gasteiger charge is -2.24. The number of hydrogen-bond donors (Lipinski definition) is 2. The number of aryl methyl sites for hydroxylation is 1. The molecule has 0 aliphatic heterocycles. The predicted molar refractivity (Wildman–Crippen MR) is 156 cm³/mol. The Labute approximate surface area is 234 Å². The second kappa shape index (κ2) is 12.5. The number of carbonyl (C=O) groups is 2. The van der Waals surface area contributed by atoms with Gasteiger partial charge in [0, 0.05) is 0 Å². The van der Waals surface area contributed by atoms with Crippen LogP contribution in [-0.4, -0.2) is 33.9 Å². The quantitative estimate of drug-likeness (QED) is 0.274. The summed E-state index contributed by atoms with van der Waals surface area (Å²) in [6.45, 7) is 3.26. The van der Waals surface area contributed by atoms with Crippen LogP contribution in [0.5, 0.6) is 5.75 Å². The molecule has 0 radical (unpaired) electrons. The molecule has 0 unspecified atom stereocenters. The maximum Gasteiger partial charge on any atom is 0.264 e. The molecule has 2 N–H and O–H groups in total. The van der Waals surface area contributed by atoms with Gasteiger partial charge in [-0.2, -0.15) is 0 Å². The highest BCUT2D eigenvalue weighted by Gasteiger charge is 2.28. The molecule has 4 rings (SSSR count). The maximum absolute atomic E-state index is 13.7. The lowest BCUT2D eigenvalue weighted by Crippen LogP contribution is -2.38. The van der Waals surface area contributed by atoms with E-state index >= 15 is 0 Å². The van der Waals surface area contributed by atoms with Crippen molar-refractivity contribution in [2.45, 2.75) is 24.8 Å². The number of hydrogen-bond acceptors (Lipinski definition) is 5. The molecule has 1 atom stereocenters. The van der Waals surface area contributed by atoms with Gasteiger partial charge in [0.1, 0.15) is 12.3 Å². The van der Waals surface area contributed by atoms with Crippen LogP contribution in [0.25, 0.3) is 0 Å². The number of benzene rings is 4. The van der Waals surface area contributed by atoms with Crippen molar-refractivity contribution in [2.75, 3.05) is 23.3 Å². The van der Waals surface area contributed by atoms with E-state index in [9.17, 15) is 18.0 Å². The number of nitrogens with one attached hydrogen (secondary N) is 2. The highest BCUT2D eigenvalue weighted by molar-refractivity contribution is 7.92. The Hall–Kier alpha value is -4.63. The molecule has 8 nitrogen and oxygen atoms in total. The van der Waals surface area contributed by atoms with Gasteiger partial charge in [0.05, 0.1) is 35.0 Å². The van der Waals surface area contributed by atoms with Gasteiger partial charge in [0.25, 0.3) is 15.9 Å². The highest BCUT2D eigenvalue weighted by Crippen LogP contribution is 2.26. The molecule has 0 aliphatic carbocycles. The minimum atomic E-state index is -4.11. The Kier molecular flexibility index (Phi) is 8.86. The lowest BCUT2D eigenvalue weighted by molar-refractivity contribution is -0.114. The minimum absolute atomic E-state index is 0.0105. The van der Waals surface area contributed by atoms with Crippen LogP contribution in [0.4, 0.5) is 11.4 Å². The zero-order valence-corrected chi connectivity index (χ0v) is 23.3. The van der Waals surface area contributed by atoms with Gasteiger partial charge in [0.2, 0.25) is 5.91 Å². The van der Waals surface area contributed by atoms with Crippen molar-refractivity contribution in [3.8, 4) is 5.75 Å². The molecule has 4 aromatic rings. The molecule has 0 aromatic heterocycles. The first-order chi connectivity index (χ1) is 19.2. The highest BCUT2D eigenvalue weighted by atomic mass is 32.2. The average molecular weight is 558 g/mol. The number of ether oxygens (including phenoxy) is 1. The van der Waals surface area contributed by atoms with Crippen molar-refractivity contribution >= 4 is 33.2 Å². The summed E-state index contributed by atoms with van der Waals surface area (Å²) in [5.74, 6) is -0.461. The van der Waals surface area contributed by atoms with E-state index in [4.69, 9.17) is 4.74 Å². The van der Waals surface area contributed by atoms with Gasteiger partial charge in [-0.25, -0.2) is 8.42 Å². The topological polar surface area (TPSA) is 105 Å². The molecule has 4 aromatic carbocycles. The second-order valence-electron chi connectivity index (χ2n) is 9.22. The summed E-state index contributed by atoms with van der Waals surface area (Å²) in [4.78, 5) is 26.4. The van der Waals surface area contributed by atoms with Crippen LogP contribution in [0.2, 0.25) is 0 Å². The van der Waals surface area contributed by atoms with Crippen molar-refractivity contribution in [1.29, 1.82) is 0 Å². The number of nitrogens with zero attached hydrogens (tertiary/aromatic N) is 1. The van der Waals surface area contributed by atoms with E-state index in [-0.39, 0.29) is 28.1 Å². The van der Waals surface area contributed by atoms with Crippen LogP contribution in [-0.2, 0) is 14.8 Å². The van der Waals surface area contributed by atoms with E-state index in [2.05, 4.69) is 10.6 Å².